The van der Waals surface area contributed by atoms with E-state index in [1.54, 1.807) is 6.07 Å². The van der Waals surface area contributed by atoms with Crippen LogP contribution >= 0.6 is 0 Å². The molecule has 3 heterocycles. The van der Waals surface area contributed by atoms with Crippen LogP contribution in [0.15, 0.2) is 18.2 Å². The zero-order valence-corrected chi connectivity index (χ0v) is 14.2. The van der Waals surface area contributed by atoms with Gasteiger partial charge in [0, 0.05) is 31.8 Å². The van der Waals surface area contributed by atoms with E-state index in [2.05, 4.69) is 4.98 Å². The van der Waals surface area contributed by atoms with Gasteiger partial charge in [0.1, 0.15) is 5.69 Å². The monoisotopic (exact) mass is 334 g/mol. The summed E-state index contributed by atoms with van der Waals surface area (Å²) in [6.45, 7) is 4.37. The van der Waals surface area contributed by atoms with E-state index >= 15 is 0 Å². The van der Waals surface area contributed by atoms with Gasteiger partial charge in [0.2, 0.25) is 0 Å². The number of carbonyl (C=O) groups is 1. The topological polar surface area (TPSA) is 71.9 Å². The zero-order chi connectivity index (χ0) is 17.0. The number of aliphatic hydroxyl groups excluding tert-OH is 1. The number of carbonyl (C=O) groups excluding carboxylic acids is 1. The van der Waals surface area contributed by atoms with Gasteiger partial charge in [-0.1, -0.05) is 6.07 Å². The normalized spacial score (nSPS) is 23.4. The minimum atomic E-state index is -0.185. The standard InChI is InChI=1S/C18H26N2O4/c1-14-3-2-4-16(19-14)17(22)20-8-6-18(7-9-20)13-15(5-11-24-18)23-12-10-21/h2-4,15,21H,5-13H2,1H3. The fraction of sp³-hybridized carbons (Fsp3) is 0.667. The third-order valence-electron chi connectivity index (χ3n) is 4.96. The van der Waals surface area contributed by atoms with Crippen molar-refractivity contribution in [1.82, 2.24) is 9.88 Å². The van der Waals surface area contributed by atoms with E-state index in [4.69, 9.17) is 14.6 Å². The Hall–Kier alpha value is -1.50. The molecule has 0 aromatic carbocycles. The highest BCUT2D eigenvalue weighted by Crippen LogP contribution is 2.36. The van der Waals surface area contributed by atoms with Crippen molar-refractivity contribution in [2.45, 2.75) is 44.3 Å². The highest BCUT2D eigenvalue weighted by atomic mass is 16.5. The number of pyridine rings is 1. The lowest BCUT2D eigenvalue weighted by Crippen LogP contribution is -2.52. The van der Waals surface area contributed by atoms with Crippen molar-refractivity contribution < 1.29 is 19.4 Å². The maximum absolute atomic E-state index is 12.6. The number of piperidine rings is 1. The predicted octanol–water partition coefficient (Wildman–Crippen LogP) is 1.55. The Balaban J connectivity index is 1.58. The lowest BCUT2D eigenvalue weighted by atomic mass is 9.83. The van der Waals surface area contributed by atoms with Crippen molar-refractivity contribution in [3.8, 4) is 0 Å². The maximum atomic E-state index is 12.6. The van der Waals surface area contributed by atoms with E-state index in [1.807, 2.05) is 24.0 Å². The third-order valence-corrected chi connectivity index (χ3v) is 4.96. The van der Waals surface area contributed by atoms with E-state index in [1.165, 1.54) is 0 Å². The molecule has 1 N–H and O–H groups in total. The number of nitrogens with zero attached hydrogens (tertiary/aromatic N) is 2. The number of amides is 1. The van der Waals surface area contributed by atoms with Crippen molar-refractivity contribution in [1.29, 1.82) is 0 Å². The summed E-state index contributed by atoms with van der Waals surface area (Å²) < 4.78 is 11.8. The average molecular weight is 334 g/mol. The van der Waals surface area contributed by atoms with Crippen LogP contribution in [0.1, 0.15) is 41.9 Å². The quantitative estimate of drug-likeness (QED) is 0.904. The molecule has 24 heavy (non-hydrogen) atoms. The number of likely N-dealkylation sites (tertiary alicyclic amines) is 1. The van der Waals surface area contributed by atoms with Crippen LogP contribution in [0, 0.1) is 6.92 Å². The highest BCUT2D eigenvalue weighted by Gasteiger charge is 2.41. The summed E-state index contributed by atoms with van der Waals surface area (Å²) >= 11 is 0. The van der Waals surface area contributed by atoms with Gasteiger partial charge in [0.15, 0.2) is 0 Å². The molecule has 1 aromatic rings. The lowest BCUT2D eigenvalue weighted by Gasteiger charge is -2.46. The minimum absolute atomic E-state index is 0.00237. The number of rotatable bonds is 4. The van der Waals surface area contributed by atoms with Crippen LogP contribution in [0.25, 0.3) is 0 Å². The Kier molecular flexibility index (Phi) is 5.48. The average Bonchev–Trinajstić information content (AvgIpc) is 2.60. The van der Waals surface area contributed by atoms with Gasteiger partial charge in [-0.3, -0.25) is 4.79 Å². The van der Waals surface area contributed by atoms with Crippen LogP contribution in [0.5, 0.6) is 0 Å². The molecule has 1 unspecified atom stereocenters. The Morgan fingerprint density at radius 2 is 2.25 bits per heavy atom. The summed E-state index contributed by atoms with van der Waals surface area (Å²) in [5.41, 5.74) is 1.18. The molecule has 1 atom stereocenters. The number of hydrogen-bond donors (Lipinski definition) is 1. The molecule has 0 aliphatic carbocycles. The Labute approximate surface area is 142 Å². The van der Waals surface area contributed by atoms with Crippen molar-refractivity contribution >= 4 is 5.91 Å². The van der Waals surface area contributed by atoms with Crippen molar-refractivity contribution in [3.63, 3.8) is 0 Å². The second kappa shape index (κ2) is 7.59. The van der Waals surface area contributed by atoms with Gasteiger partial charge < -0.3 is 19.5 Å². The molecule has 1 amide bonds. The number of ether oxygens (including phenoxy) is 2. The van der Waals surface area contributed by atoms with Crippen molar-refractivity contribution in [2.75, 3.05) is 32.9 Å². The molecule has 2 saturated heterocycles. The van der Waals surface area contributed by atoms with E-state index in [0.29, 0.717) is 32.0 Å². The van der Waals surface area contributed by atoms with Crippen molar-refractivity contribution in [2.24, 2.45) is 0 Å². The van der Waals surface area contributed by atoms with Gasteiger partial charge in [-0.25, -0.2) is 4.98 Å². The van der Waals surface area contributed by atoms with Gasteiger partial charge in [-0.2, -0.15) is 0 Å². The molecule has 0 radical (unpaired) electrons. The van der Waals surface area contributed by atoms with Crippen LogP contribution in [0.4, 0.5) is 0 Å². The summed E-state index contributed by atoms with van der Waals surface area (Å²) in [5, 5.41) is 8.92. The number of aliphatic hydroxyl groups is 1. The van der Waals surface area contributed by atoms with E-state index in [0.717, 1.165) is 31.4 Å². The third kappa shape index (κ3) is 3.94. The summed E-state index contributed by atoms with van der Waals surface area (Å²) in [7, 11) is 0. The number of aryl methyl sites for hydroxylation is 1. The van der Waals surface area contributed by atoms with Crippen LogP contribution in [-0.2, 0) is 9.47 Å². The van der Waals surface area contributed by atoms with Crippen LogP contribution < -0.4 is 0 Å². The van der Waals surface area contributed by atoms with Crippen LogP contribution in [0.3, 0.4) is 0 Å². The molecule has 6 heteroatoms. The molecule has 2 fully saturated rings. The SMILES string of the molecule is Cc1cccc(C(=O)N2CCC3(CC2)CC(OCCO)CCO3)n1. The highest BCUT2D eigenvalue weighted by molar-refractivity contribution is 5.92. The lowest BCUT2D eigenvalue weighted by molar-refractivity contribution is -0.154. The molecule has 0 bridgehead atoms. The molecule has 2 aliphatic rings. The van der Waals surface area contributed by atoms with Crippen LogP contribution in [-0.4, -0.2) is 65.5 Å². The first-order chi connectivity index (χ1) is 11.6. The first kappa shape index (κ1) is 17.3. The molecule has 0 saturated carbocycles. The molecule has 3 rings (SSSR count). The summed E-state index contributed by atoms with van der Waals surface area (Å²) in [5.74, 6) is -0.00237. The van der Waals surface area contributed by atoms with Gasteiger partial charge in [0.05, 0.1) is 24.9 Å². The van der Waals surface area contributed by atoms with Gasteiger partial charge in [-0.05, 0) is 38.3 Å². The number of hydrogen-bond acceptors (Lipinski definition) is 5. The first-order valence-electron chi connectivity index (χ1n) is 8.71. The zero-order valence-electron chi connectivity index (χ0n) is 14.2. The molecule has 1 spiro atoms. The molecular formula is C18H26N2O4. The largest absolute Gasteiger partial charge is 0.394 e. The van der Waals surface area contributed by atoms with Gasteiger partial charge in [0.25, 0.3) is 5.91 Å². The minimum Gasteiger partial charge on any atom is -0.394 e. The van der Waals surface area contributed by atoms with E-state index in [9.17, 15) is 4.79 Å². The van der Waals surface area contributed by atoms with Crippen molar-refractivity contribution in [3.05, 3.63) is 29.6 Å². The predicted molar refractivity (Wildman–Crippen MR) is 88.9 cm³/mol. The first-order valence-corrected chi connectivity index (χ1v) is 8.71. The number of aromatic nitrogens is 1. The van der Waals surface area contributed by atoms with E-state index in [-0.39, 0.29) is 24.2 Å². The second-order valence-electron chi connectivity index (χ2n) is 6.70. The van der Waals surface area contributed by atoms with Gasteiger partial charge in [-0.15, -0.1) is 0 Å². The molecular weight excluding hydrogens is 308 g/mol. The molecule has 2 aliphatic heterocycles. The molecule has 132 valence electrons. The van der Waals surface area contributed by atoms with Crippen LogP contribution in [0.2, 0.25) is 0 Å². The summed E-state index contributed by atoms with van der Waals surface area (Å²) in [6.07, 6.45) is 3.51. The van der Waals surface area contributed by atoms with Gasteiger partial charge >= 0.3 is 0 Å². The maximum Gasteiger partial charge on any atom is 0.272 e. The Bertz CT molecular complexity index is 570. The summed E-state index contributed by atoms with van der Waals surface area (Å²) in [4.78, 5) is 18.8. The fourth-order valence-corrected chi connectivity index (χ4v) is 3.63. The Morgan fingerprint density at radius 1 is 1.46 bits per heavy atom. The fourth-order valence-electron chi connectivity index (χ4n) is 3.63. The van der Waals surface area contributed by atoms with E-state index < -0.39 is 0 Å². The smallest absolute Gasteiger partial charge is 0.272 e. The second-order valence-corrected chi connectivity index (χ2v) is 6.70. The molecule has 6 nitrogen and oxygen atoms in total. The molecule has 1 aromatic heterocycles. The summed E-state index contributed by atoms with van der Waals surface area (Å²) in [6, 6.07) is 5.54. The Morgan fingerprint density at radius 3 is 2.96 bits per heavy atom.